The number of nitrogens with zero attached hydrogens (tertiary/aromatic N) is 1. The van der Waals surface area contributed by atoms with Crippen LogP contribution in [0.25, 0.3) is 0 Å². The lowest BCUT2D eigenvalue weighted by molar-refractivity contribution is -0.716. The van der Waals surface area contributed by atoms with Crippen molar-refractivity contribution in [1.82, 2.24) is 0 Å². The average molecular weight is 207 g/mol. The molecule has 3 nitrogen and oxygen atoms in total. The normalized spacial score (nSPS) is 10.8. The maximum Gasteiger partial charge on any atom is 0.226 e. The van der Waals surface area contributed by atoms with E-state index in [9.17, 15) is 4.79 Å². The van der Waals surface area contributed by atoms with Gasteiger partial charge in [0.05, 0.1) is 5.69 Å². The smallest absolute Gasteiger partial charge is 0.226 e. The fourth-order valence-electron chi connectivity index (χ4n) is 1.15. The van der Waals surface area contributed by atoms with E-state index in [0.717, 1.165) is 5.69 Å². The molecule has 0 saturated carbocycles. The number of nitrogens with one attached hydrogen (secondary N) is 1. The van der Waals surface area contributed by atoms with Crippen LogP contribution in [-0.2, 0) is 4.79 Å². The molecule has 3 heteroatoms. The number of pyridine rings is 1. The molecule has 0 aliphatic rings. The number of hydrogen-bond acceptors (Lipinski definition) is 1. The Morgan fingerprint density at radius 3 is 2.13 bits per heavy atom. The van der Waals surface area contributed by atoms with Gasteiger partial charge in [-0.05, 0) is 13.8 Å². The molecule has 1 amide bonds. The first-order valence-corrected chi connectivity index (χ1v) is 5.32. The molecule has 0 bridgehead atoms. The summed E-state index contributed by atoms with van der Waals surface area (Å²) in [4.78, 5) is 11.4. The van der Waals surface area contributed by atoms with Gasteiger partial charge in [0.15, 0.2) is 18.4 Å². The van der Waals surface area contributed by atoms with E-state index < -0.39 is 0 Å². The highest BCUT2D eigenvalue weighted by Gasteiger charge is 2.09. The summed E-state index contributed by atoms with van der Waals surface area (Å²) in [7, 11) is 0. The average Bonchev–Trinajstić information content (AvgIpc) is 2.18. The van der Waals surface area contributed by atoms with Crippen molar-refractivity contribution in [3.05, 3.63) is 24.5 Å². The predicted octanol–water partition coefficient (Wildman–Crippen LogP) is 2.15. The van der Waals surface area contributed by atoms with Gasteiger partial charge in [-0.2, -0.15) is 0 Å². The van der Waals surface area contributed by atoms with Gasteiger partial charge in [-0.25, -0.2) is 4.57 Å². The summed E-state index contributed by atoms with van der Waals surface area (Å²) in [5.41, 5.74) is 0.852. The highest BCUT2D eigenvalue weighted by Crippen LogP contribution is 2.06. The molecule has 1 rings (SSSR count). The lowest BCUT2D eigenvalue weighted by atomic mass is 10.2. The summed E-state index contributed by atoms with van der Waals surface area (Å²) < 4.78 is 2.09. The Labute approximate surface area is 91.1 Å². The number of carbonyl (C=O) groups is 1. The van der Waals surface area contributed by atoms with E-state index in [2.05, 4.69) is 23.7 Å². The van der Waals surface area contributed by atoms with Crippen LogP contribution in [0.15, 0.2) is 24.5 Å². The molecule has 0 unspecified atom stereocenters. The van der Waals surface area contributed by atoms with E-state index in [0.29, 0.717) is 6.04 Å². The van der Waals surface area contributed by atoms with Crippen LogP contribution in [0.3, 0.4) is 0 Å². The van der Waals surface area contributed by atoms with E-state index in [1.165, 1.54) is 0 Å². The van der Waals surface area contributed by atoms with E-state index in [1.54, 1.807) is 0 Å². The zero-order valence-electron chi connectivity index (χ0n) is 9.82. The van der Waals surface area contributed by atoms with Crippen LogP contribution in [0.4, 0.5) is 5.69 Å². The van der Waals surface area contributed by atoms with Gasteiger partial charge in [-0.3, -0.25) is 4.79 Å². The van der Waals surface area contributed by atoms with E-state index in [1.807, 2.05) is 38.4 Å². The minimum absolute atomic E-state index is 0.0161. The molecule has 1 N–H and O–H groups in total. The van der Waals surface area contributed by atoms with Crippen molar-refractivity contribution in [3.63, 3.8) is 0 Å². The molecule has 0 aliphatic carbocycles. The van der Waals surface area contributed by atoms with Crippen LogP contribution < -0.4 is 9.88 Å². The largest absolute Gasteiger partial charge is 0.325 e. The van der Waals surface area contributed by atoms with Gasteiger partial charge in [0.2, 0.25) is 5.91 Å². The molecule has 1 aromatic rings. The fraction of sp³-hybridized carbons (Fsp3) is 0.500. The van der Waals surface area contributed by atoms with Crippen LogP contribution in [-0.4, -0.2) is 5.91 Å². The molecule has 0 aliphatic heterocycles. The lowest BCUT2D eigenvalue weighted by Crippen LogP contribution is -2.35. The van der Waals surface area contributed by atoms with Crippen molar-refractivity contribution in [2.45, 2.75) is 33.7 Å². The van der Waals surface area contributed by atoms with Gasteiger partial charge in [0, 0.05) is 18.1 Å². The Hall–Kier alpha value is -1.38. The zero-order chi connectivity index (χ0) is 11.4. The van der Waals surface area contributed by atoms with Gasteiger partial charge >= 0.3 is 0 Å². The number of anilines is 1. The first-order chi connectivity index (χ1) is 7.00. The second kappa shape index (κ2) is 4.91. The van der Waals surface area contributed by atoms with Crippen molar-refractivity contribution in [2.75, 3.05) is 5.32 Å². The van der Waals surface area contributed by atoms with E-state index in [-0.39, 0.29) is 11.8 Å². The number of rotatable bonds is 3. The third-order valence-electron chi connectivity index (χ3n) is 2.24. The van der Waals surface area contributed by atoms with E-state index >= 15 is 0 Å². The van der Waals surface area contributed by atoms with Crippen LogP contribution in [0.1, 0.15) is 33.7 Å². The topological polar surface area (TPSA) is 33.0 Å². The second-order valence-electron chi connectivity index (χ2n) is 4.27. The molecule has 1 aromatic heterocycles. The predicted molar refractivity (Wildman–Crippen MR) is 60.5 cm³/mol. The van der Waals surface area contributed by atoms with Gasteiger partial charge in [-0.15, -0.1) is 0 Å². The van der Waals surface area contributed by atoms with E-state index in [4.69, 9.17) is 0 Å². The molecular weight excluding hydrogens is 188 g/mol. The fourth-order valence-corrected chi connectivity index (χ4v) is 1.15. The molecule has 0 spiro atoms. The third-order valence-corrected chi connectivity index (χ3v) is 2.24. The van der Waals surface area contributed by atoms with Crippen LogP contribution in [0.2, 0.25) is 0 Å². The van der Waals surface area contributed by atoms with Crippen molar-refractivity contribution < 1.29 is 9.36 Å². The summed E-state index contributed by atoms with van der Waals surface area (Å²) in [5, 5.41) is 2.86. The first-order valence-electron chi connectivity index (χ1n) is 5.32. The Balaban J connectivity index is 2.69. The van der Waals surface area contributed by atoms with Crippen molar-refractivity contribution in [2.24, 2.45) is 5.92 Å². The van der Waals surface area contributed by atoms with Crippen molar-refractivity contribution >= 4 is 11.6 Å². The van der Waals surface area contributed by atoms with Crippen LogP contribution in [0.5, 0.6) is 0 Å². The molecule has 0 aromatic carbocycles. The SMILES string of the molecule is CC(C)C(=O)Nc1cc[n+](C(C)C)cc1. The monoisotopic (exact) mass is 207 g/mol. The highest BCUT2D eigenvalue weighted by atomic mass is 16.1. The highest BCUT2D eigenvalue weighted by molar-refractivity contribution is 5.91. The summed E-state index contributed by atoms with van der Waals surface area (Å²) in [6.07, 6.45) is 3.95. The molecule has 0 radical (unpaired) electrons. The quantitative estimate of drug-likeness (QED) is 0.757. The second-order valence-corrected chi connectivity index (χ2v) is 4.27. The minimum atomic E-state index is 0.0161. The van der Waals surface area contributed by atoms with Gasteiger partial charge in [0.25, 0.3) is 0 Å². The molecular formula is C12H19N2O+. The Morgan fingerprint density at radius 1 is 1.20 bits per heavy atom. The van der Waals surface area contributed by atoms with Crippen molar-refractivity contribution in [3.8, 4) is 0 Å². The summed E-state index contributed by atoms with van der Waals surface area (Å²) >= 11 is 0. The zero-order valence-corrected chi connectivity index (χ0v) is 9.82. The molecule has 0 saturated heterocycles. The standard InChI is InChI=1S/C12H18N2O/c1-9(2)12(15)13-11-5-7-14(8-6-11)10(3)4/h5-10H,1-4H3/p+1. The molecule has 0 fully saturated rings. The molecule has 15 heavy (non-hydrogen) atoms. The molecule has 1 heterocycles. The minimum Gasteiger partial charge on any atom is -0.325 e. The number of carbonyl (C=O) groups excluding carboxylic acids is 1. The van der Waals surface area contributed by atoms with Crippen LogP contribution in [0, 0.1) is 5.92 Å². The maximum absolute atomic E-state index is 11.4. The Morgan fingerprint density at radius 2 is 1.73 bits per heavy atom. The number of hydrogen-bond donors (Lipinski definition) is 1. The Kier molecular flexibility index (Phi) is 3.83. The van der Waals surface area contributed by atoms with Gasteiger partial charge < -0.3 is 5.32 Å². The third kappa shape index (κ3) is 3.35. The van der Waals surface area contributed by atoms with Gasteiger partial charge in [-0.1, -0.05) is 13.8 Å². The lowest BCUT2D eigenvalue weighted by Gasteiger charge is -2.07. The maximum atomic E-state index is 11.4. The summed E-state index contributed by atoms with van der Waals surface area (Å²) in [5.74, 6) is 0.0692. The summed E-state index contributed by atoms with van der Waals surface area (Å²) in [6.45, 7) is 8.00. The molecule has 82 valence electrons. The van der Waals surface area contributed by atoms with Gasteiger partial charge in [0.1, 0.15) is 0 Å². The number of aromatic nitrogens is 1. The van der Waals surface area contributed by atoms with Crippen LogP contribution >= 0.6 is 0 Å². The number of amides is 1. The first kappa shape index (κ1) is 11.7. The van der Waals surface area contributed by atoms with Crippen molar-refractivity contribution in [1.29, 1.82) is 0 Å². The Bertz CT molecular complexity index is 328. The molecule has 0 atom stereocenters. The summed E-state index contributed by atoms with van der Waals surface area (Å²) in [6, 6.07) is 4.28.